The van der Waals surface area contributed by atoms with Crippen LogP contribution in [-0.2, 0) is 6.54 Å². The summed E-state index contributed by atoms with van der Waals surface area (Å²) in [5.41, 5.74) is 7.16. The van der Waals surface area contributed by atoms with Crippen molar-refractivity contribution < 1.29 is 13.9 Å². The molecule has 0 saturated heterocycles. The Morgan fingerprint density at radius 3 is 2.78 bits per heavy atom. The van der Waals surface area contributed by atoms with Gasteiger partial charge in [0.1, 0.15) is 12.0 Å². The number of aromatic nitrogens is 1. The van der Waals surface area contributed by atoms with E-state index in [2.05, 4.69) is 4.98 Å². The maximum absolute atomic E-state index is 5.64. The number of oxazole rings is 1. The molecule has 0 radical (unpaired) electrons. The molecule has 5 heteroatoms. The summed E-state index contributed by atoms with van der Waals surface area (Å²) in [4.78, 5) is 4.28. The molecule has 2 aromatic rings. The second kappa shape index (κ2) is 4.70. The van der Waals surface area contributed by atoms with E-state index in [-0.39, 0.29) is 0 Å². The first kappa shape index (κ1) is 11.1. The molecule has 0 bridgehead atoms. The van der Waals surface area contributed by atoms with Crippen LogP contribution in [0.5, 0.6) is 11.5 Å². The van der Waals surface area contributed by atoms with Crippen molar-refractivity contribution in [2.45, 2.75) is 13.0 Å². The Balaban J connectivity index is 1.95. The number of hydrogen-bond donors (Lipinski definition) is 1. The molecule has 2 N–H and O–H groups in total. The van der Waals surface area contributed by atoms with Gasteiger partial charge in [0.05, 0.1) is 19.8 Å². The van der Waals surface area contributed by atoms with Crippen molar-refractivity contribution in [1.82, 2.24) is 4.98 Å². The first-order chi connectivity index (χ1) is 8.86. The largest absolute Gasteiger partial charge is 0.490 e. The van der Waals surface area contributed by atoms with Gasteiger partial charge in [0.25, 0.3) is 0 Å². The zero-order valence-electron chi connectivity index (χ0n) is 9.89. The van der Waals surface area contributed by atoms with Gasteiger partial charge >= 0.3 is 0 Å². The summed E-state index contributed by atoms with van der Waals surface area (Å²) in [5, 5.41) is 0. The van der Waals surface area contributed by atoms with Crippen molar-refractivity contribution in [3.05, 3.63) is 30.4 Å². The first-order valence-electron chi connectivity index (χ1n) is 5.91. The SMILES string of the molecule is NCc1nc(-c2ccc3c(c2)OCCCO3)co1. The number of fused-ring (bicyclic) bond motifs is 1. The van der Waals surface area contributed by atoms with Gasteiger partial charge in [-0.2, -0.15) is 0 Å². The number of hydrogen-bond acceptors (Lipinski definition) is 5. The zero-order valence-corrected chi connectivity index (χ0v) is 9.89. The summed E-state index contributed by atoms with van der Waals surface area (Å²) >= 11 is 0. The lowest BCUT2D eigenvalue weighted by Crippen LogP contribution is -1.97. The molecule has 0 unspecified atom stereocenters. The lowest BCUT2D eigenvalue weighted by atomic mass is 10.1. The summed E-state index contributed by atoms with van der Waals surface area (Å²) in [6.45, 7) is 1.65. The highest BCUT2D eigenvalue weighted by Crippen LogP contribution is 2.33. The quantitative estimate of drug-likeness (QED) is 0.877. The maximum Gasteiger partial charge on any atom is 0.208 e. The van der Waals surface area contributed by atoms with Gasteiger partial charge in [-0.05, 0) is 18.2 Å². The van der Waals surface area contributed by atoms with Gasteiger partial charge in [0, 0.05) is 12.0 Å². The molecule has 0 spiro atoms. The molecule has 1 aliphatic rings. The third kappa shape index (κ3) is 2.04. The highest BCUT2D eigenvalue weighted by Gasteiger charge is 2.13. The number of ether oxygens (including phenoxy) is 2. The Morgan fingerprint density at radius 1 is 1.17 bits per heavy atom. The van der Waals surface area contributed by atoms with Gasteiger partial charge in [0.2, 0.25) is 5.89 Å². The van der Waals surface area contributed by atoms with Crippen molar-refractivity contribution in [3.8, 4) is 22.8 Å². The standard InChI is InChI=1S/C13H14N2O3/c14-7-13-15-10(8-18-13)9-2-3-11-12(6-9)17-5-1-4-16-11/h2-3,6,8H,1,4-5,7,14H2. The molecular weight excluding hydrogens is 232 g/mol. The number of benzene rings is 1. The maximum atomic E-state index is 5.64. The van der Waals surface area contributed by atoms with Crippen molar-refractivity contribution in [1.29, 1.82) is 0 Å². The predicted molar refractivity (Wildman–Crippen MR) is 65.4 cm³/mol. The molecule has 3 rings (SSSR count). The van der Waals surface area contributed by atoms with E-state index in [1.807, 2.05) is 18.2 Å². The van der Waals surface area contributed by atoms with Gasteiger partial charge < -0.3 is 19.6 Å². The van der Waals surface area contributed by atoms with Gasteiger partial charge in [-0.3, -0.25) is 0 Å². The first-order valence-corrected chi connectivity index (χ1v) is 5.91. The molecule has 1 aliphatic heterocycles. The van der Waals surface area contributed by atoms with E-state index < -0.39 is 0 Å². The van der Waals surface area contributed by atoms with Crippen molar-refractivity contribution >= 4 is 0 Å². The molecule has 5 nitrogen and oxygen atoms in total. The highest BCUT2D eigenvalue weighted by molar-refractivity contribution is 5.63. The normalized spacial score (nSPS) is 14.3. The molecule has 0 aliphatic carbocycles. The van der Waals surface area contributed by atoms with E-state index in [9.17, 15) is 0 Å². The Morgan fingerprint density at radius 2 is 2.00 bits per heavy atom. The molecule has 0 fully saturated rings. The van der Waals surface area contributed by atoms with Crippen molar-refractivity contribution in [3.63, 3.8) is 0 Å². The fourth-order valence-electron chi connectivity index (χ4n) is 1.86. The van der Waals surface area contributed by atoms with Crippen LogP contribution < -0.4 is 15.2 Å². The lowest BCUT2D eigenvalue weighted by molar-refractivity contribution is 0.297. The van der Waals surface area contributed by atoms with Crippen LogP contribution >= 0.6 is 0 Å². The molecule has 2 heterocycles. The highest BCUT2D eigenvalue weighted by atomic mass is 16.5. The minimum absolute atomic E-state index is 0.296. The van der Waals surface area contributed by atoms with Crippen LogP contribution in [0.3, 0.4) is 0 Å². The molecular formula is C13H14N2O3. The van der Waals surface area contributed by atoms with E-state index in [0.29, 0.717) is 25.6 Å². The third-order valence-corrected chi connectivity index (χ3v) is 2.77. The second-order valence-corrected chi connectivity index (χ2v) is 4.04. The van der Waals surface area contributed by atoms with E-state index >= 15 is 0 Å². The van der Waals surface area contributed by atoms with E-state index in [4.69, 9.17) is 19.6 Å². The second-order valence-electron chi connectivity index (χ2n) is 4.04. The summed E-state index contributed by atoms with van der Waals surface area (Å²) in [6.07, 6.45) is 2.49. The summed E-state index contributed by atoms with van der Waals surface area (Å²) in [7, 11) is 0. The molecule has 0 saturated carbocycles. The van der Waals surface area contributed by atoms with Crippen LogP contribution in [0.4, 0.5) is 0 Å². The lowest BCUT2D eigenvalue weighted by Gasteiger charge is -2.07. The predicted octanol–water partition coefficient (Wildman–Crippen LogP) is 1.96. The van der Waals surface area contributed by atoms with Gasteiger partial charge in [-0.1, -0.05) is 0 Å². The number of nitrogens with zero attached hydrogens (tertiary/aromatic N) is 1. The fraction of sp³-hybridized carbons (Fsp3) is 0.308. The number of nitrogens with two attached hydrogens (primary N) is 1. The van der Waals surface area contributed by atoms with Gasteiger partial charge in [-0.15, -0.1) is 0 Å². The topological polar surface area (TPSA) is 70.5 Å². The van der Waals surface area contributed by atoms with Crippen LogP contribution in [0.15, 0.2) is 28.9 Å². The zero-order chi connectivity index (χ0) is 12.4. The summed E-state index contributed by atoms with van der Waals surface area (Å²) in [5.74, 6) is 2.05. The van der Waals surface area contributed by atoms with Gasteiger partial charge in [0.15, 0.2) is 11.5 Å². The molecule has 94 valence electrons. The minimum Gasteiger partial charge on any atom is -0.490 e. The van der Waals surface area contributed by atoms with E-state index in [0.717, 1.165) is 29.2 Å². The average molecular weight is 246 g/mol. The third-order valence-electron chi connectivity index (χ3n) is 2.77. The van der Waals surface area contributed by atoms with Crippen LogP contribution in [0, 0.1) is 0 Å². The summed E-state index contributed by atoms with van der Waals surface area (Å²) < 4.78 is 16.4. The Bertz CT molecular complexity index is 551. The molecule has 0 amide bonds. The van der Waals surface area contributed by atoms with Crippen molar-refractivity contribution in [2.24, 2.45) is 5.73 Å². The minimum atomic E-state index is 0.296. The molecule has 1 aromatic carbocycles. The fourth-order valence-corrected chi connectivity index (χ4v) is 1.86. The van der Waals surface area contributed by atoms with Crippen LogP contribution in [-0.4, -0.2) is 18.2 Å². The van der Waals surface area contributed by atoms with E-state index in [1.54, 1.807) is 6.26 Å². The van der Waals surface area contributed by atoms with Crippen LogP contribution in [0.1, 0.15) is 12.3 Å². The number of rotatable bonds is 2. The van der Waals surface area contributed by atoms with Crippen LogP contribution in [0.2, 0.25) is 0 Å². The smallest absolute Gasteiger partial charge is 0.208 e. The van der Waals surface area contributed by atoms with Crippen LogP contribution in [0.25, 0.3) is 11.3 Å². The Hall–Kier alpha value is -2.01. The van der Waals surface area contributed by atoms with E-state index in [1.165, 1.54) is 0 Å². The molecule has 18 heavy (non-hydrogen) atoms. The monoisotopic (exact) mass is 246 g/mol. The van der Waals surface area contributed by atoms with Crippen molar-refractivity contribution in [2.75, 3.05) is 13.2 Å². The Labute approximate surface area is 105 Å². The molecule has 0 atom stereocenters. The molecule has 1 aromatic heterocycles. The Kier molecular flexibility index (Phi) is 2.90. The average Bonchev–Trinajstić information content (AvgIpc) is 2.76. The summed E-state index contributed by atoms with van der Waals surface area (Å²) in [6, 6.07) is 5.75. The van der Waals surface area contributed by atoms with Gasteiger partial charge in [-0.25, -0.2) is 4.98 Å².